The Morgan fingerprint density at radius 1 is 1.64 bits per heavy atom. The maximum Gasteiger partial charge on any atom is 0.207 e. The largest absolute Gasteiger partial charge is 0.495 e. The van der Waals surface area contributed by atoms with Crippen LogP contribution in [0.2, 0.25) is 0 Å². The van der Waals surface area contributed by atoms with Crippen LogP contribution in [0.25, 0.3) is 0 Å². The van der Waals surface area contributed by atoms with Crippen LogP contribution in [-0.4, -0.2) is 13.5 Å². The number of amides is 1. The highest BCUT2D eigenvalue weighted by molar-refractivity contribution is 5.49. The van der Waals surface area contributed by atoms with Gasteiger partial charge >= 0.3 is 0 Å². The third-order valence-electron chi connectivity index (χ3n) is 1.81. The Morgan fingerprint density at radius 2 is 2.43 bits per heavy atom. The van der Waals surface area contributed by atoms with E-state index < -0.39 is 0 Å². The maximum atomic E-state index is 10.1. The van der Waals surface area contributed by atoms with E-state index in [1.54, 1.807) is 13.2 Å². The molecule has 14 heavy (non-hydrogen) atoms. The fraction of sp³-hybridized carbons (Fsp3) is 0.182. The molecular formula is C11H11NO2. The molecule has 72 valence electrons. The highest BCUT2D eigenvalue weighted by Crippen LogP contribution is 2.18. The standard InChI is InChI=1S/C11H11NO2/c1-3-10-5-4-9(7-12-8-13)6-11(10)14-2/h1,4-6,8H,7H2,2H3,(H,12,13). The van der Waals surface area contributed by atoms with E-state index in [0.29, 0.717) is 24.3 Å². The number of hydrogen-bond acceptors (Lipinski definition) is 2. The van der Waals surface area contributed by atoms with Crippen LogP contribution in [-0.2, 0) is 11.3 Å². The van der Waals surface area contributed by atoms with Crippen molar-refractivity contribution in [1.29, 1.82) is 0 Å². The zero-order chi connectivity index (χ0) is 10.4. The molecule has 0 aliphatic carbocycles. The molecule has 0 saturated heterocycles. The third kappa shape index (κ3) is 2.27. The SMILES string of the molecule is C#Cc1ccc(CNC=O)cc1OC. The van der Waals surface area contributed by atoms with E-state index in [-0.39, 0.29) is 0 Å². The van der Waals surface area contributed by atoms with Crippen molar-refractivity contribution in [3.05, 3.63) is 29.3 Å². The normalized spacial score (nSPS) is 8.86. The summed E-state index contributed by atoms with van der Waals surface area (Å²) in [6.45, 7) is 0.477. The van der Waals surface area contributed by atoms with Gasteiger partial charge in [-0.05, 0) is 17.7 Å². The smallest absolute Gasteiger partial charge is 0.207 e. The maximum absolute atomic E-state index is 10.1. The molecule has 0 unspecified atom stereocenters. The van der Waals surface area contributed by atoms with Crippen LogP contribution in [0.15, 0.2) is 18.2 Å². The molecule has 0 atom stereocenters. The number of ether oxygens (including phenoxy) is 1. The minimum absolute atomic E-state index is 0.477. The molecule has 0 spiro atoms. The van der Waals surface area contributed by atoms with E-state index in [1.807, 2.05) is 12.1 Å². The van der Waals surface area contributed by atoms with Crippen LogP contribution in [0.5, 0.6) is 5.75 Å². The van der Waals surface area contributed by atoms with Crippen molar-refractivity contribution in [1.82, 2.24) is 5.32 Å². The minimum Gasteiger partial charge on any atom is -0.495 e. The van der Waals surface area contributed by atoms with E-state index in [2.05, 4.69) is 11.2 Å². The Balaban J connectivity index is 2.91. The Bertz CT molecular complexity index is 366. The van der Waals surface area contributed by atoms with E-state index in [4.69, 9.17) is 11.2 Å². The summed E-state index contributed by atoms with van der Waals surface area (Å²) in [5.74, 6) is 3.17. The zero-order valence-corrected chi connectivity index (χ0v) is 7.91. The van der Waals surface area contributed by atoms with Crippen LogP contribution in [0, 0.1) is 12.3 Å². The molecule has 1 aromatic rings. The summed E-state index contributed by atoms with van der Waals surface area (Å²) in [7, 11) is 1.56. The van der Waals surface area contributed by atoms with Crippen LogP contribution in [0.4, 0.5) is 0 Å². The summed E-state index contributed by atoms with van der Waals surface area (Å²) in [4.78, 5) is 10.1. The number of methoxy groups -OCH3 is 1. The molecule has 0 aliphatic rings. The highest BCUT2D eigenvalue weighted by atomic mass is 16.5. The van der Waals surface area contributed by atoms with Gasteiger partial charge < -0.3 is 10.1 Å². The number of hydrogen-bond donors (Lipinski definition) is 1. The Labute approximate surface area is 83.1 Å². The lowest BCUT2D eigenvalue weighted by Crippen LogP contribution is -2.09. The quantitative estimate of drug-likeness (QED) is 0.565. The summed E-state index contributed by atoms with van der Waals surface area (Å²) in [5.41, 5.74) is 1.66. The zero-order valence-electron chi connectivity index (χ0n) is 7.91. The first kappa shape index (κ1) is 10.1. The van der Waals surface area contributed by atoms with Gasteiger partial charge in [0.25, 0.3) is 0 Å². The van der Waals surface area contributed by atoms with Gasteiger partial charge in [0, 0.05) is 6.54 Å². The van der Waals surface area contributed by atoms with Crippen molar-refractivity contribution in [2.45, 2.75) is 6.54 Å². The summed E-state index contributed by atoms with van der Waals surface area (Å²) >= 11 is 0. The molecule has 1 aromatic carbocycles. The van der Waals surface area contributed by atoms with Gasteiger partial charge in [-0.2, -0.15) is 0 Å². The van der Waals surface area contributed by atoms with Crippen molar-refractivity contribution in [3.8, 4) is 18.1 Å². The molecule has 1 rings (SSSR count). The van der Waals surface area contributed by atoms with Crippen LogP contribution >= 0.6 is 0 Å². The number of benzene rings is 1. The van der Waals surface area contributed by atoms with Crippen molar-refractivity contribution in [3.63, 3.8) is 0 Å². The lowest BCUT2D eigenvalue weighted by Gasteiger charge is -2.06. The van der Waals surface area contributed by atoms with Crippen LogP contribution < -0.4 is 10.1 Å². The van der Waals surface area contributed by atoms with Crippen LogP contribution in [0.3, 0.4) is 0 Å². The van der Waals surface area contributed by atoms with E-state index in [0.717, 1.165) is 5.56 Å². The highest BCUT2D eigenvalue weighted by Gasteiger charge is 2.01. The predicted octanol–water partition coefficient (Wildman–Crippen LogP) is 0.922. The Kier molecular flexibility index (Phi) is 3.57. The number of terminal acetylenes is 1. The van der Waals surface area contributed by atoms with E-state index in [9.17, 15) is 4.79 Å². The van der Waals surface area contributed by atoms with Gasteiger partial charge in [-0.3, -0.25) is 4.79 Å². The average molecular weight is 189 g/mol. The first-order valence-electron chi connectivity index (χ1n) is 4.12. The van der Waals surface area contributed by atoms with Gasteiger partial charge in [-0.1, -0.05) is 12.0 Å². The second-order valence-electron chi connectivity index (χ2n) is 2.68. The van der Waals surface area contributed by atoms with E-state index >= 15 is 0 Å². The van der Waals surface area contributed by atoms with Gasteiger partial charge in [-0.15, -0.1) is 6.42 Å². The van der Waals surface area contributed by atoms with Gasteiger partial charge in [0.05, 0.1) is 12.7 Å². The van der Waals surface area contributed by atoms with Gasteiger partial charge in [0.2, 0.25) is 6.41 Å². The molecule has 3 nitrogen and oxygen atoms in total. The van der Waals surface area contributed by atoms with Crippen LogP contribution in [0.1, 0.15) is 11.1 Å². The molecule has 1 N–H and O–H groups in total. The molecule has 0 heterocycles. The topological polar surface area (TPSA) is 38.3 Å². The monoisotopic (exact) mass is 189 g/mol. The number of nitrogens with one attached hydrogen (secondary N) is 1. The lowest BCUT2D eigenvalue weighted by atomic mass is 10.1. The number of rotatable bonds is 4. The van der Waals surface area contributed by atoms with Crippen molar-refractivity contribution in [2.75, 3.05) is 7.11 Å². The number of carbonyl (C=O) groups is 1. The molecule has 0 fully saturated rings. The second kappa shape index (κ2) is 4.93. The molecule has 3 heteroatoms. The van der Waals surface area contributed by atoms with Crippen molar-refractivity contribution < 1.29 is 9.53 Å². The lowest BCUT2D eigenvalue weighted by molar-refractivity contribution is -0.109. The number of carbonyl (C=O) groups excluding carboxylic acids is 1. The van der Waals surface area contributed by atoms with Gasteiger partial charge in [-0.25, -0.2) is 0 Å². The van der Waals surface area contributed by atoms with Crippen molar-refractivity contribution in [2.24, 2.45) is 0 Å². The molecule has 1 amide bonds. The van der Waals surface area contributed by atoms with Gasteiger partial charge in [0.15, 0.2) is 0 Å². The Hall–Kier alpha value is -1.95. The van der Waals surface area contributed by atoms with E-state index in [1.165, 1.54) is 0 Å². The first-order valence-corrected chi connectivity index (χ1v) is 4.12. The minimum atomic E-state index is 0.477. The molecule has 0 radical (unpaired) electrons. The fourth-order valence-electron chi connectivity index (χ4n) is 1.12. The predicted molar refractivity (Wildman–Crippen MR) is 53.8 cm³/mol. The first-order chi connectivity index (χ1) is 6.81. The molecule has 0 saturated carbocycles. The van der Waals surface area contributed by atoms with Crippen molar-refractivity contribution >= 4 is 6.41 Å². The molecule has 0 bridgehead atoms. The Morgan fingerprint density at radius 3 is 3.00 bits per heavy atom. The fourth-order valence-corrected chi connectivity index (χ4v) is 1.12. The third-order valence-corrected chi connectivity index (χ3v) is 1.81. The summed E-state index contributed by atoms with van der Waals surface area (Å²) < 4.78 is 5.10. The molecule has 0 aliphatic heterocycles. The molecule has 0 aromatic heterocycles. The average Bonchev–Trinajstić information content (AvgIpc) is 2.25. The van der Waals surface area contributed by atoms with Gasteiger partial charge in [0.1, 0.15) is 5.75 Å². The second-order valence-corrected chi connectivity index (χ2v) is 2.68. The summed E-state index contributed by atoms with van der Waals surface area (Å²) in [6, 6.07) is 5.46. The summed E-state index contributed by atoms with van der Waals surface area (Å²) in [5, 5.41) is 2.57. The molecular weight excluding hydrogens is 178 g/mol. The summed E-state index contributed by atoms with van der Waals surface area (Å²) in [6.07, 6.45) is 5.93.